The molecule has 25 heavy (non-hydrogen) atoms. The number of ether oxygens (including phenoxy) is 1. The zero-order chi connectivity index (χ0) is 18.3. The molecule has 1 unspecified atom stereocenters. The molecule has 2 aromatic rings. The van der Waals surface area contributed by atoms with Crippen molar-refractivity contribution in [3.8, 4) is 11.8 Å². The van der Waals surface area contributed by atoms with E-state index in [0.29, 0.717) is 6.61 Å². The number of rotatable bonds is 8. The minimum absolute atomic E-state index is 0.600. The molecule has 0 saturated heterocycles. The van der Waals surface area contributed by atoms with E-state index in [2.05, 4.69) is 48.7 Å². The van der Waals surface area contributed by atoms with Gasteiger partial charge in [-0.3, -0.25) is 0 Å². The predicted octanol–water partition coefficient (Wildman–Crippen LogP) is 4.97. The summed E-state index contributed by atoms with van der Waals surface area (Å²) in [5, 5.41) is 8.10. The maximum Gasteiger partial charge on any atom is 0.206 e. The van der Waals surface area contributed by atoms with E-state index in [1.165, 1.54) is 19.3 Å². The number of unbranched alkanes of at least 4 members (excludes halogenated alkanes) is 4. The highest BCUT2D eigenvalue weighted by Gasteiger charge is 2.47. The predicted molar refractivity (Wildman–Crippen MR) is 107 cm³/mol. The van der Waals surface area contributed by atoms with Crippen LogP contribution in [0.15, 0.2) is 24.3 Å². The molecular weight excluding hydrogens is 326 g/mol. The molecule has 0 aliphatic heterocycles. The molecule has 0 N–H and O–H groups in total. The van der Waals surface area contributed by atoms with Crippen molar-refractivity contribution < 1.29 is 4.74 Å². The van der Waals surface area contributed by atoms with Crippen LogP contribution in [0.3, 0.4) is 0 Å². The smallest absolute Gasteiger partial charge is 0.206 e. The molecule has 0 spiro atoms. The van der Waals surface area contributed by atoms with Gasteiger partial charge in [0.1, 0.15) is 13.6 Å². The maximum atomic E-state index is 6.32. The van der Waals surface area contributed by atoms with Gasteiger partial charge in [0, 0.05) is 13.0 Å². The van der Waals surface area contributed by atoms with Gasteiger partial charge in [-0.1, -0.05) is 69.1 Å². The molecule has 0 fully saturated rings. The van der Waals surface area contributed by atoms with Gasteiger partial charge in [-0.2, -0.15) is 0 Å². The third-order valence-corrected chi connectivity index (χ3v) is 6.95. The number of para-hydroxylation sites is 1. The molecule has 0 aliphatic carbocycles. The van der Waals surface area contributed by atoms with E-state index < -0.39 is 13.4 Å². The molecular formula is C20H31N3OSi. The lowest BCUT2D eigenvalue weighted by atomic mass is 10.1. The molecule has 5 heteroatoms. The highest BCUT2D eigenvalue weighted by Crippen LogP contribution is 2.32. The summed E-state index contributed by atoms with van der Waals surface area (Å²) in [6.45, 7) is 11.7. The molecule has 136 valence electrons. The van der Waals surface area contributed by atoms with E-state index in [0.717, 1.165) is 23.9 Å². The molecule has 1 aromatic carbocycles. The average Bonchev–Trinajstić information content (AvgIpc) is 3.00. The Hall–Kier alpha value is -1.64. The number of fused-ring (bicyclic) bond motifs is 1. The molecule has 0 amide bonds. The third kappa shape index (κ3) is 4.31. The van der Waals surface area contributed by atoms with E-state index in [1.54, 1.807) is 0 Å². The number of aromatic nitrogens is 3. The number of nitrogens with zero attached hydrogens (tertiary/aromatic N) is 3. The van der Waals surface area contributed by atoms with Crippen LogP contribution in [0.25, 0.3) is 11.0 Å². The Labute approximate surface area is 153 Å². The number of benzene rings is 1. The zero-order valence-corrected chi connectivity index (χ0v) is 17.3. The first-order valence-corrected chi connectivity index (χ1v) is 12.9. The Morgan fingerprint density at radius 1 is 1.12 bits per heavy atom. The van der Waals surface area contributed by atoms with Crippen molar-refractivity contribution in [2.45, 2.75) is 70.9 Å². The monoisotopic (exact) mass is 357 g/mol. The molecule has 2 rings (SSSR count). The van der Waals surface area contributed by atoms with Gasteiger partial charge < -0.3 is 4.74 Å². The Kier molecular flexibility index (Phi) is 6.80. The Bertz CT molecular complexity index is 738. The lowest BCUT2D eigenvalue weighted by Crippen LogP contribution is -2.55. The van der Waals surface area contributed by atoms with Crippen molar-refractivity contribution in [2.75, 3.05) is 6.61 Å². The van der Waals surface area contributed by atoms with Crippen molar-refractivity contribution in [3.05, 3.63) is 24.3 Å². The summed E-state index contributed by atoms with van der Waals surface area (Å²) in [7, 11) is -1.89. The van der Waals surface area contributed by atoms with Crippen LogP contribution in [0.2, 0.25) is 19.6 Å². The van der Waals surface area contributed by atoms with Gasteiger partial charge in [-0.15, -0.1) is 5.10 Å². The average molecular weight is 358 g/mol. The van der Waals surface area contributed by atoms with Crippen LogP contribution in [0.5, 0.6) is 0 Å². The minimum Gasteiger partial charge on any atom is -0.347 e. The number of hydrogen-bond donors (Lipinski definition) is 0. The Morgan fingerprint density at radius 3 is 2.56 bits per heavy atom. The highest BCUT2D eigenvalue weighted by atomic mass is 28.3. The summed E-state index contributed by atoms with van der Waals surface area (Å²) in [6.07, 6.45) is 5.82. The minimum atomic E-state index is -1.89. The van der Waals surface area contributed by atoms with Crippen LogP contribution in [0.1, 0.15) is 46.0 Å². The lowest BCUT2D eigenvalue weighted by molar-refractivity contribution is -0.00140. The molecule has 1 aromatic heterocycles. The van der Waals surface area contributed by atoms with Crippen molar-refractivity contribution in [3.63, 3.8) is 0 Å². The SMILES string of the molecule is CCCCCCC#CC(OCC)(n1nnc2ccccc21)[Si](C)(C)C. The second-order valence-electron chi connectivity index (χ2n) is 7.43. The summed E-state index contributed by atoms with van der Waals surface area (Å²) >= 11 is 0. The topological polar surface area (TPSA) is 39.9 Å². The molecule has 0 bridgehead atoms. The molecule has 0 aliphatic rings. The van der Waals surface area contributed by atoms with Gasteiger partial charge in [0.25, 0.3) is 0 Å². The van der Waals surface area contributed by atoms with Gasteiger partial charge in [-0.05, 0) is 31.4 Å². The Balaban J connectivity index is 2.44. The summed E-state index contributed by atoms with van der Waals surface area (Å²) in [5.41, 5.74) is 1.87. The third-order valence-electron chi connectivity index (χ3n) is 4.43. The largest absolute Gasteiger partial charge is 0.347 e. The van der Waals surface area contributed by atoms with Gasteiger partial charge in [0.2, 0.25) is 5.35 Å². The molecule has 0 radical (unpaired) electrons. The second-order valence-corrected chi connectivity index (χ2v) is 12.6. The van der Waals surface area contributed by atoms with Crippen molar-refractivity contribution in [1.29, 1.82) is 0 Å². The summed E-state index contributed by atoms with van der Waals surface area (Å²) in [6, 6.07) is 8.03. The standard InChI is InChI=1S/C20H31N3OSi/c1-6-8-9-10-11-14-17-20(24-7-2,25(3,4)5)23-19-16-13-12-15-18(19)21-22-23/h12-13,15-16H,6-11H2,1-5H3. The fourth-order valence-electron chi connectivity index (χ4n) is 3.00. The van der Waals surface area contributed by atoms with Crippen LogP contribution in [-0.2, 0) is 10.1 Å². The summed E-state index contributed by atoms with van der Waals surface area (Å²) in [5.74, 6) is 6.90. The van der Waals surface area contributed by atoms with E-state index in [4.69, 9.17) is 4.74 Å². The van der Waals surface area contributed by atoms with Crippen LogP contribution < -0.4 is 0 Å². The second kappa shape index (κ2) is 8.64. The molecule has 1 heterocycles. The number of hydrogen-bond acceptors (Lipinski definition) is 3. The van der Waals surface area contributed by atoms with E-state index in [1.807, 2.05) is 35.9 Å². The summed E-state index contributed by atoms with van der Waals surface area (Å²) < 4.78 is 8.25. The van der Waals surface area contributed by atoms with Gasteiger partial charge in [-0.25, -0.2) is 4.68 Å². The fraction of sp³-hybridized carbons (Fsp3) is 0.600. The quantitative estimate of drug-likeness (QED) is 0.380. The van der Waals surface area contributed by atoms with Crippen molar-refractivity contribution in [2.24, 2.45) is 0 Å². The van der Waals surface area contributed by atoms with Gasteiger partial charge in [0.15, 0.2) is 0 Å². The normalized spacial score (nSPS) is 14.1. The Morgan fingerprint density at radius 2 is 1.88 bits per heavy atom. The highest BCUT2D eigenvalue weighted by molar-refractivity contribution is 6.78. The summed E-state index contributed by atoms with van der Waals surface area (Å²) in [4.78, 5) is 0. The first-order chi connectivity index (χ1) is 12.0. The van der Waals surface area contributed by atoms with Crippen LogP contribution in [0.4, 0.5) is 0 Å². The fourth-order valence-corrected chi connectivity index (χ4v) is 4.85. The lowest BCUT2D eigenvalue weighted by Gasteiger charge is -2.39. The molecule has 1 atom stereocenters. The molecule has 0 saturated carbocycles. The van der Waals surface area contributed by atoms with E-state index >= 15 is 0 Å². The van der Waals surface area contributed by atoms with Crippen LogP contribution >= 0.6 is 0 Å². The first kappa shape index (κ1) is 19.7. The van der Waals surface area contributed by atoms with Crippen molar-refractivity contribution in [1.82, 2.24) is 15.0 Å². The van der Waals surface area contributed by atoms with Crippen LogP contribution in [0, 0.1) is 11.8 Å². The van der Waals surface area contributed by atoms with Gasteiger partial charge in [0.05, 0.1) is 5.52 Å². The van der Waals surface area contributed by atoms with E-state index in [-0.39, 0.29) is 0 Å². The maximum absolute atomic E-state index is 6.32. The van der Waals surface area contributed by atoms with Crippen LogP contribution in [-0.4, -0.2) is 29.7 Å². The molecule has 4 nitrogen and oxygen atoms in total. The van der Waals surface area contributed by atoms with E-state index in [9.17, 15) is 0 Å². The first-order valence-electron chi connectivity index (χ1n) is 9.41. The zero-order valence-electron chi connectivity index (χ0n) is 16.3. The van der Waals surface area contributed by atoms with Gasteiger partial charge >= 0.3 is 0 Å². The van der Waals surface area contributed by atoms with Crippen molar-refractivity contribution >= 4 is 19.1 Å².